The van der Waals surface area contributed by atoms with Crippen molar-refractivity contribution < 1.29 is 9.26 Å². The summed E-state index contributed by atoms with van der Waals surface area (Å²) >= 11 is 0. The highest BCUT2D eigenvalue weighted by atomic mass is 16.5. The van der Waals surface area contributed by atoms with Crippen LogP contribution in [-0.2, 0) is 12.0 Å². The van der Waals surface area contributed by atoms with Crippen LogP contribution in [0.2, 0.25) is 0 Å². The van der Waals surface area contributed by atoms with Gasteiger partial charge in [-0.25, -0.2) is 0 Å². The Morgan fingerprint density at radius 1 is 1.33 bits per heavy atom. The highest BCUT2D eigenvalue weighted by molar-refractivity contribution is 5.37. The molecule has 0 unspecified atom stereocenters. The van der Waals surface area contributed by atoms with E-state index in [0.29, 0.717) is 18.1 Å². The minimum atomic E-state index is -0.396. The van der Waals surface area contributed by atoms with E-state index in [0.717, 1.165) is 42.6 Å². The molecule has 0 bridgehead atoms. The molecule has 0 aliphatic heterocycles. The van der Waals surface area contributed by atoms with Crippen LogP contribution in [0.15, 0.2) is 22.7 Å². The second kappa shape index (κ2) is 5.48. The second-order valence-corrected chi connectivity index (χ2v) is 5.86. The number of aryl methyl sites for hydroxylation is 1. The summed E-state index contributed by atoms with van der Waals surface area (Å²) in [6.45, 7) is 2.02. The molecular weight excluding hydrogens is 266 g/mol. The molecule has 1 aromatic heterocycles. The van der Waals surface area contributed by atoms with E-state index in [1.54, 1.807) is 7.11 Å². The second-order valence-electron chi connectivity index (χ2n) is 5.86. The molecule has 0 amide bonds. The van der Waals surface area contributed by atoms with E-state index in [1.807, 2.05) is 19.1 Å². The quantitative estimate of drug-likeness (QED) is 0.935. The van der Waals surface area contributed by atoms with Gasteiger partial charge in [0.25, 0.3) is 0 Å². The molecule has 21 heavy (non-hydrogen) atoms. The predicted molar refractivity (Wildman–Crippen MR) is 79.2 cm³/mol. The van der Waals surface area contributed by atoms with Crippen molar-refractivity contribution in [2.45, 2.75) is 44.6 Å². The molecule has 1 heterocycles. The number of hydrogen-bond acceptors (Lipinski definition) is 5. The topological polar surface area (TPSA) is 74.2 Å². The maximum atomic E-state index is 6.35. The third-order valence-electron chi connectivity index (χ3n) is 4.24. The summed E-state index contributed by atoms with van der Waals surface area (Å²) in [4.78, 5) is 4.49. The van der Waals surface area contributed by atoms with E-state index in [1.165, 1.54) is 0 Å². The molecule has 1 aliphatic carbocycles. The Morgan fingerprint density at radius 3 is 2.81 bits per heavy atom. The normalized spacial score (nSPS) is 17.1. The number of hydrogen-bond donors (Lipinski definition) is 1. The van der Waals surface area contributed by atoms with Crippen molar-refractivity contribution >= 4 is 0 Å². The Hall–Kier alpha value is -1.88. The van der Waals surface area contributed by atoms with Crippen LogP contribution in [0.4, 0.5) is 0 Å². The highest BCUT2D eigenvalue weighted by Gasteiger charge is 2.35. The van der Waals surface area contributed by atoms with Crippen molar-refractivity contribution in [3.63, 3.8) is 0 Å². The molecular formula is C16H21N3O2. The Morgan fingerprint density at radius 2 is 2.10 bits per heavy atom. The summed E-state index contributed by atoms with van der Waals surface area (Å²) in [6.07, 6.45) is 4.74. The van der Waals surface area contributed by atoms with E-state index in [4.69, 9.17) is 15.0 Å². The lowest BCUT2D eigenvalue weighted by atomic mass is 9.99. The van der Waals surface area contributed by atoms with Crippen molar-refractivity contribution in [3.8, 4) is 5.75 Å². The maximum Gasteiger partial charge on any atom is 0.231 e. The first-order valence-corrected chi connectivity index (χ1v) is 7.36. The summed E-state index contributed by atoms with van der Waals surface area (Å²) in [6, 6.07) is 6.09. The number of benzene rings is 1. The largest absolute Gasteiger partial charge is 0.496 e. The molecule has 2 N–H and O–H groups in total. The first kappa shape index (κ1) is 14.1. The van der Waals surface area contributed by atoms with Crippen molar-refractivity contribution in [2.75, 3.05) is 7.11 Å². The lowest BCUT2D eigenvalue weighted by molar-refractivity contribution is 0.352. The molecule has 0 atom stereocenters. The van der Waals surface area contributed by atoms with Gasteiger partial charge in [0.05, 0.1) is 19.1 Å². The van der Waals surface area contributed by atoms with Gasteiger partial charge in [0.1, 0.15) is 5.75 Å². The fraction of sp³-hybridized carbons (Fsp3) is 0.500. The molecule has 1 aromatic carbocycles. The number of aromatic nitrogens is 2. The monoisotopic (exact) mass is 287 g/mol. The number of nitrogens with two attached hydrogens (primary N) is 1. The van der Waals surface area contributed by atoms with Gasteiger partial charge in [-0.3, -0.25) is 0 Å². The number of rotatable bonds is 4. The SMILES string of the molecule is COc1cc(Cc2nc(C3(N)CCCC3)no2)ccc1C. The van der Waals surface area contributed by atoms with Crippen molar-refractivity contribution in [1.82, 2.24) is 10.1 Å². The minimum Gasteiger partial charge on any atom is -0.496 e. The highest BCUT2D eigenvalue weighted by Crippen LogP contribution is 2.34. The van der Waals surface area contributed by atoms with Gasteiger partial charge in [0.2, 0.25) is 5.89 Å². The summed E-state index contributed by atoms with van der Waals surface area (Å²) in [5.74, 6) is 2.13. The van der Waals surface area contributed by atoms with Crippen molar-refractivity contribution in [1.29, 1.82) is 0 Å². The van der Waals surface area contributed by atoms with Gasteiger partial charge >= 0.3 is 0 Å². The molecule has 5 nitrogen and oxygen atoms in total. The number of methoxy groups -OCH3 is 1. The smallest absolute Gasteiger partial charge is 0.231 e. The average molecular weight is 287 g/mol. The molecule has 1 fully saturated rings. The first-order valence-electron chi connectivity index (χ1n) is 7.36. The first-order chi connectivity index (χ1) is 10.1. The molecule has 1 aliphatic rings. The average Bonchev–Trinajstić information content (AvgIpc) is 3.11. The summed E-state index contributed by atoms with van der Waals surface area (Å²) in [5, 5.41) is 4.08. The van der Waals surface area contributed by atoms with Crippen molar-refractivity contribution in [3.05, 3.63) is 41.0 Å². The van der Waals surface area contributed by atoms with Gasteiger partial charge in [0.15, 0.2) is 5.82 Å². The van der Waals surface area contributed by atoms with Crippen molar-refractivity contribution in [2.24, 2.45) is 5.73 Å². The molecule has 2 aromatic rings. The standard InChI is InChI=1S/C16H21N3O2/c1-11-5-6-12(9-13(11)20-2)10-14-18-15(19-21-14)16(17)7-3-4-8-16/h5-6,9H,3-4,7-8,10,17H2,1-2H3. The zero-order valence-corrected chi connectivity index (χ0v) is 12.6. The molecule has 0 spiro atoms. The van der Waals surface area contributed by atoms with Gasteiger partial charge in [-0.15, -0.1) is 0 Å². The molecule has 0 saturated heterocycles. The fourth-order valence-corrected chi connectivity index (χ4v) is 2.91. The van der Waals surface area contributed by atoms with E-state index in [9.17, 15) is 0 Å². The zero-order valence-electron chi connectivity index (χ0n) is 12.6. The van der Waals surface area contributed by atoms with Crippen LogP contribution >= 0.6 is 0 Å². The van der Waals surface area contributed by atoms with Crippen LogP contribution in [0, 0.1) is 6.92 Å². The number of nitrogens with zero attached hydrogens (tertiary/aromatic N) is 2. The lowest BCUT2D eigenvalue weighted by Crippen LogP contribution is -2.34. The Bertz CT molecular complexity index is 630. The van der Waals surface area contributed by atoms with Gasteiger partial charge in [0, 0.05) is 0 Å². The molecule has 0 radical (unpaired) electrons. The van der Waals surface area contributed by atoms with Crippen LogP contribution < -0.4 is 10.5 Å². The maximum absolute atomic E-state index is 6.35. The summed E-state index contributed by atoms with van der Waals surface area (Å²) in [5.41, 5.74) is 8.15. The van der Waals surface area contributed by atoms with E-state index >= 15 is 0 Å². The molecule has 1 saturated carbocycles. The third kappa shape index (κ3) is 2.78. The molecule has 112 valence electrons. The van der Waals surface area contributed by atoms with Gasteiger partial charge in [-0.1, -0.05) is 30.1 Å². The Kier molecular flexibility index (Phi) is 3.68. The van der Waals surface area contributed by atoms with Gasteiger partial charge in [-0.2, -0.15) is 4.98 Å². The zero-order chi connectivity index (χ0) is 14.9. The summed E-state index contributed by atoms with van der Waals surface area (Å²) in [7, 11) is 1.68. The van der Waals surface area contributed by atoms with Crippen LogP contribution in [0.25, 0.3) is 0 Å². The van der Waals surface area contributed by atoms with Crippen LogP contribution in [0.5, 0.6) is 5.75 Å². The third-order valence-corrected chi connectivity index (χ3v) is 4.24. The fourth-order valence-electron chi connectivity index (χ4n) is 2.91. The van der Waals surface area contributed by atoms with Gasteiger partial charge < -0.3 is 15.0 Å². The van der Waals surface area contributed by atoms with E-state index < -0.39 is 5.54 Å². The number of ether oxygens (including phenoxy) is 1. The van der Waals surface area contributed by atoms with Crippen LogP contribution in [0.1, 0.15) is 48.5 Å². The van der Waals surface area contributed by atoms with Crippen LogP contribution in [0.3, 0.4) is 0 Å². The van der Waals surface area contributed by atoms with Crippen LogP contribution in [-0.4, -0.2) is 17.3 Å². The van der Waals surface area contributed by atoms with Gasteiger partial charge in [-0.05, 0) is 37.0 Å². The van der Waals surface area contributed by atoms with E-state index in [2.05, 4.69) is 16.2 Å². The Labute approximate surface area is 124 Å². The summed E-state index contributed by atoms with van der Waals surface area (Å²) < 4.78 is 10.7. The predicted octanol–water partition coefficient (Wildman–Crippen LogP) is 2.71. The Balaban J connectivity index is 1.78. The van der Waals surface area contributed by atoms with E-state index in [-0.39, 0.29) is 0 Å². The lowest BCUT2D eigenvalue weighted by Gasteiger charge is -2.17. The molecule has 5 heteroatoms. The minimum absolute atomic E-state index is 0.396. The molecule has 3 rings (SSSR count).